The Bertz CT molecular complexity index is 702. The molecular weight excluding hydrogens is 304 g/mol. The van der Waals surface area contributed by atoms with Crippen LogP contribution in [0.5, 0.6) is 0 Å². The van der Waals surface area contributed by atoms with E-state index in [0.29, 0.717) is 12.0 Å². The van der Waals surface area contributed by atoms with E-state index in [9.17, 15) is 0 Å². The predicted octanol–water partition coefficient (Wildman–Crippen LogP) is 2.22. The number of aromatic nitrogens is 3. The van der Waals surface area contributed by atoms with Gasteiger partial charge in [-0.3, -0.25) is 0 Å². The van der Waals surface area contributed by atoms with Crippen molar-refractivity contribution < 1.29 is 9.47 Å². The third kappa shape index (κ3) is 3.21. The summed E-state index contributed by atoms with van der Waals surface area (Å²) in [5.74, 6) is 2.52. The summed E-state index contributed by atoms with van der Waals surface area (Å²) in [4.78, 5) is 16.5. The van der Waals surface area contributed by atoms with Crippen LogP contribution in [0.2, 0.25) is 0 Å². The van der Waals surface area contributed by atoms with Crippen LogP contribution in [0.3, 0.4) is 0 Å². The lowest BCUT2D eigenvalue weighted by Gasteiger charge is -2.35. The van der Waals surface area contributed by atoms with Crippen molar-refractivity contribution in [3.8, 4) is 0 Å². The molecule has 6 nitrogen and oxygen atoms in total. The van der Waals surface area contributed by atoms with Crippen LogP contribution in [0.1, 0.15) is 25.6 Å². The lowest BCUT2D eigenvalue weighted by atomic mass is 9.96. The fourth-order valence-corrected chi connectivity index (χ4v) is 3.55. The van der Waals surface area contributed by atoms with E-state index in [1.807, 2.05) is 6.07 Å². The van der Waals surface area contributed by atoms with Gasteiger partial charge in [-0.1, -0.05) is 0 Å². The van der Waals surface area contributed by atoms with Crippen LogP contribution in [0.15, 0.2) is 18.3 Å². The van der Waals surface area contributed by atoms with E-state index < -0.39 is 0 Å². The van der Waals surface area contributed by atoms with Crippen molar-refractivity contribution in [3.63, 3.8) is 0 Å². The van der Waals surface area contributed by atoms with Gasteiger partial charge in [-0.05, 0) is 37.8 Å². The van der Waals surface area contributed by atoms with Gasteiger partial charge in [-0.25, -0.2) is 15.0 Å². The van der Waals surface area contributed by atoms with Gasteiger partial charge in [0.25, 0.3) is 0 Å². The molecule has 2 aromatic heterocycles. The topological polar surface area (TPSA) is 60.4 Å². The van der Waals surface area contributed by atoms with Crippen molar-refractivity contribution in [1.29, 1.82) is 0 Å². The Morgan fingerprint density at radius 3 is 2.88 bits per heavy atom. The highest BCUT2D eigenvalue weighted by atomic mass is 16.5. The molecule has 0 unspecified atom stereocenters. The second kappa shape index (κ2) is 6.99. The quantitative estimate of drug-likeness (QED) is 0.861. The van der Waals surface area contributed by atoms with Crippen LogP contribution in [0, 0.1) is 5.92 Å². The Balaban J connectivity index is 1.70. The largest absolute Gasteiger partial charge is 0.381 e. The summed E-state index contributed by atoms with van der Waals surface area (Å²) in [7, 11) is 0. The van der Waals surface area contributed by atoms with Gasteiger partial charge >= 0.3 is 0 Å². The van der Waals surface area contributed by atoms with E-state index in [4.69, 9.17) is 19.4 Å². The van der Waals surface area contributed by atoms with E-state index >= 15 is 0 Å². The highest BCUT2D eigenvalue weighted by Gasteiger charge is 2.24. The molecule has 6 heteroatoms. The van der Waals surface area contributed by atoms with Crippen LogP contribution < -0.4 is 4.90 Å². The minimum atomic E-state index is 0.313. The molecular formula is C18H24N4O2. The van der Waals surface area contributed by atoms with Crippen LogP contribution in [-0.4, -0.2) is 54.0 Å². The van der Waals surface area contributed by atoms with Gasteiger partial charge in [0.15, 0.2) is 5.65 Å². The standard InChI is InChI=1S/C18H24N4O2/c1-13-12-24-10-7-22(13)18-15-3-2-6-19-17(15)20-16(21-18)11-14-4-8-23-9-5-14/h2-3,6,13-14H,4-5,7-12H2,1H3/t13-/m0/s1. The highest BCUT2D eigenvalue weighted by molar-refractivity contribution is 5.87. The molecule has 2 fully saturated rings. The highest BCUT2D eigenvalue weighted by Crippen LogP contribution is 2.27. The molecule has 0 N–H and O–H groups in total. The minimum absolute atomic E-state index is 0.313. The van der Waals surface area contributed by atoms with Gasteiger partial charge in [0, 0.05) is 32.4 Å². The van der Waals surface area contributed by atoms with Crippen molar-refractivity contribution in [1.82, 2.24) is 15.0 Å². The molecule has 2 aliphatic rings. The molecule has 2 aliphatic heterocycles. The van der Waals surface area contributed by atoms with Crippen LogP contribution in [0.25, 0.3) is 11.0 Å². The van der Waals surface area contributed by atoms with Crippen LogP contribution in [0.4, 0.5) is 5.82 Å². The zero-order chi connectivity index (χ0) is 16.4. The number of rotatable bonds is 3. The molecule has 128 valence electrons. The van der Waals surface area contributed by atoms with Crippen molar-refractivity contribution >= 4 is 16.9 Å². The Labute approximate surface area is 142 Å². The first-order valence-electron chi connectivity index (χ1n) is 8.85. The lowest BCUT2D eigenvalue weighted by Crippen LogP contribution is -2.44. The molecule has 24 heavy (non-hydrogen) atoms. The van der Waals surface area contributed by atoms with Gasteiger partial charge < -0.3 is 14.4 Å². The maximum Gasteiger partial charge on any atom is 0.164 e. The van der Waals surface area contributed by atoms with E-state index in [0.717, 1.165) is 74.9 Å². The molecule has 0 radical (unpaired) electrons. The fraction of sp³-hybridized carbons (Fsp3) is 0.611. The number of fused-ring (bicyclic) bond motifs is 1. The Hall–Kier alpha value is -1.79. The van der Waals surface area contributed by atoms with Crippen molar-refractivity contribution in [2.45, 2.75) is 32.2 Å². The van der Waals surface area contributed by atoms with E-state index in [2.05, 4.69) is 22.9 Å². The van der Waals surface area contributed by atoms with Gasteiger partial charge in [-0.2, -0.15) is 0 Å². The first-order valence-corrected chi connectivity index (χ1v) is 8.85. The molecule has 0 bridgehead atoms. The normalized spacial score (nSPS) is 22.9. The third-order valence-corrected chi connectivity index (χ3v) is 4.95. The average molecular weight is 328 g/mol. The lowest BCUT2D eigenvalue weighted by molar-refractivity contribution is 0.0660. The average Bonchev–Trinajstić information content (AvgIpc) is 2.62. The monoisotopic (exact) mass is 328 g/mol. The summed E-state index contributed by atoms with van der Waals surface area (Å²) < 4.78 is 11.0. The van der Waals surface area contributed by atoms with Crippen molar-refractivity contribution in [2.24, 2.45) is 5.92 Å². The zero-order valence-electron chi connectivity index (χ0n) is 14.1. The van der Waals surface area contributed by atoms with Gasteiger partial charge in [0.2, 0.25) is 0 Å². The molecule has 1 atom stereocenters. The second-order valence-electron chi connectivity index (χ2n) is 6.72. The molecule has 4 rings (SSSR count). The Morgan fingerprint density at radius 2 is 2.04 bits per heavy atom. The van der Waals surface area contributed by atoms with Crippen LogP contribution >= 0.6 is 0 Å². The van der Waals surface area contributed by atoms with Crippen molar-refractivity contribution in [2.75, 3.05) is 37.9 Å². The molecule has 2 aromatic rings. The van der Waals surface area contributed by atoms with E-state index in [1.54, 1.807) is 6.20 Å². The number of ether oxygens (including phenoxy) is 2. The molecule has 2 saturated heterocycles. The number of nitrogens with zero attached hydrogens (tertiary/aromatic N) is 4. The Kier molecular flexibility index (Phi) is 4.58. The molecule has 0 amide bonds. The van der Waals surface area contributed by atoms with E-state index in [1.165, 1.54) is 0 Å². The number of hydrogen-bond acceptors (Lipinski definition) is 6. The van der Waals surface area contributed by atoms with E-state index in [-0.39, 0.29) is 0 Å². The Morgan fingerprint density at radius 1 is 1.17 bits per heavy atom. The molecule has 4 heterocycles. The fourth-order valence-electron chi connectivity index (χ4n) is 3.55. The molecule has 0 saturated carbocycles. The summed E-state index contributed by atoms with van der Waals surface area (Å²) in [6, 6.07) is 4.34. The maximum absolute atomic E-state index is 5.58. The SMILES string of the molecule is C[C@H]1COCCN1c1nc(CC2CCOCC2)nc2ncccc12. The molecule has 0 spiro atoms. The first kappa shape index (κ1) is 15.7. The van der Waals surface area contributed by atoms with Gasteiger partial charge in [-0.15, -0.1) is 0 Å². The number of hydrogen-bond donors (Lipinski definition) is 0. The summed E-state index contributed by atoms with van der Waals surface area (Å²) in [5.41, 5.74) is 0.795. The second-order valence-corrected chi connectivity index (χ2v) is 6.72. The summed E-state index contributed by atoms with van der Waals surface area (Å²) in [6.45, 7) is 6.22. The smallest absolute Gasteiger partial charge is 0.164 e. The minimum Gasteiger partial charge on any atom is -0.381 e. The zero-order valence-corrected chi connectivity index (χ0v) is 14.1. The maximum atomic E-state index is 5.58. The van der Waals surface area contributed by atoms with Gasteiger partial charge in [0.05, 0.1) is 24.6 Å². The van der Waals surface area contributed by atoms with Crippen molar-refractivity contribution in [3.05, 3.63) is 24.2 Å². The first-order chi connectivity index (χ1) is 11.8. The number of morpholine rings is 1. The van der Waals surface area contributed by atoms with Crippen LogP contribution in [-0.2, 0) is 15.9 Å². The predicted molar refractivity (Wildman–Crippen MR) is 92.2 cm³/mol. The molecule has 0 aromatic carbocycles. The third-order valence-electron chi connectivity index (χ3n) is 4.95. The number of pyridine rings is 1. The summed E-state index contributed by atoms with van der Waals surface area (Å²) in [5, 5.41) is 1.03. The van der Waals surface area contributed by atoms with Gasteiger partial charge in [0.1, 0.15) is 11.6 Å². The summed E-state index contributed by atoms with van der Waals surface area (Å²) in [6.07, 6.45) is 4.89. The number of anilines is 1. The summed E-state index contributed by atoms with van der Waals surface area (Å²) >= 11 is 0. The molecule has 0 aliphatic carbocycles.